The minimum atomic E-state index is -0.159. The smallest absolute Gasteiger partial charge is 0.330 e. The van der Waals surface area contributed by atoms with Gasteiger partial charge in [-0.25, -0.2) is 9.78 Å². The molecule has 2 aromatic heterocycles. The molecule has 0 radical (unpaired) electrons. The standard InChI is InChI=1S/C11H12Cl2N4O2/c1-16-7-8(12)14-10(13)15-9(7)17(11(16)18)5-3-6(4-5)19-2/h5-6H,3-4H2,1-2H3. The molecule has 19 heavy (non-hydrogen) atoms. The molecule has 2 aromatic rings. The van der Waals surface area contributed by atoms with Crippen LogP contribution < -0.4 is 5.69 Å². The summed E-state index contributed by atoms with van der Waals surface area (Å²) in [5, 5.41) is 0.232. The fourth-order valence-corrected chi connectivity index (χ4v) is 2.97. The molecule has 0 bridgehead atoms. The summed E-state index contributed by atoms with van der Waals surface area (Å²) >= 11 is 11.9. The molecule has 1 aliphatic carbocycles. The first-order valence-electron chi connectivity index (χ1n) is 5.85. The van der Waals surface area contributed by atoms with Gasteiger partial charge in [-0.2, -0.15) is 4.98 Å². The van der Waals surface area contributed by atoms with E-state index in [1.54, 1.807) is 18.7 Å². The largest absolute Gasteiger partial charge is 0.381 e. The average molecular weight is 303 g/mol. The molecule has 8 heteroatoms. The van der Waals surface area contributed by atoms with Crippen molar-refractivity contribution in [2.24, 2.45) is 7.05 Å². The molecule has 1 fully saturated rings. The van der Waals surface area contributed by atoms with Crippen molar-refractivity contribution in [3.8, 4) is 0 Å². The van der Waals surface area contributed by atoms with Crippen molar-refractivity contribution >= 4 is 34.4 Å². The molecule has 2 heterocycles. The molecule has 0 N–H and O–H groups in total. The first-order chi connectivity index (χ1) is 9.02. The Bertz CT molecular complexity index is 703. The molecule has 1 aliphatic rings. The number of imidazole rings is 1. The number of fused-ring (bicyclic) bond motifs is 1. The molecule has 0 aliphatic heterocycles. The van der Waals surface area contributed by atoms with Crippen LogP contribution in [-0.2, 0) is 11.8 Å². The van der Waals surface area contributed by atoms with Crippen molar-refractivity contribution < 1.29 is 4.74 Å². The number of hydrogen-bond donors (Lipinski definition) is 0. The van der Waals surface area contributed by atoms with E-state index >= 15 is 0 Å². The number of methoxy groups -OCH3 is 1. The zero-order valence-corrected chi connectivity index (χ0v) is 11.9. The van der Waals surface area contributed by atoms with Crippen molar-refractivity contribution in [1.82, 2.24) is 19.1 Å². The Kier molecular flexibility index (Phi) is 3.03. The zero-order valence-electron chi connectivity index (χ0n) is 10.4. The maximum atomic E-state index is 12.3. The van der Waals surface area contributed by atoms with Crippen molar-refractivity contribution in [2.45, 2.75) is 25.0 Å². The summed E-state index contributed by atoms with van der Waals surface area (Å²) in [5.41, 5.74) is 0.835. The van der Waals surface area contributed by atoms with Crippen LogP contribution in [0.2, 0.25) is 10.4 Å². The second-order valence-electron chi connectivity index (χ2n) is 4.65. The number of ether oxygens (including phenoxy) is 1. The van der Waals surface area contributed by atoms with Crippen LogP contribution in [0, 0.1) is 0 Å². The highest BCUT2D eigenvalue weighted by atomic mass is 35.5. The molecule has 102 valence electrons. The minimum absolute atomic E-state index is 0.0412. The molecular weight excluding hydrogens is 291 g/mol. The summed E-state index contributed by atoms with van der Waals surface area (Å²) in [5.74, 6) is 0. The lowest BCUT2D eigenvalue weighted by Crippen LogP contribution is -2.37. The number of halogens is 2. The van der Waals surface area contributed by atoms with Crippen molar-refractivity contribution in [3.63, 3.8) is 0 Å². The number of aryl methyl sites for hydroxylation is 1. The second kappa shape index (κ2) is 4.47. The van der Waals surface area contributed by atoms with Crippen molar-refractivity contribution in [1.29, 1.82) is 0 Å². The van der Waals surface area contributed by atoms with Crippen LogP contribution in [0.15, 0.2) is 4.79 Å². The quantitative estimate of drug-likeness (QED) is 0.627. The van der Waals surface area contributed by atoms with Gasteiger partial charge in [0.15, 0.2) is 10.8 Å². The summed E-state index contributed by atoms with van der Waals surface area (Å²) < 4.78 is 8.32. The fourth-order valence-electron chi connectivity index (χ4n) is 2.47. The number of nitrogens with zero attached hydrogens (tertiary/aromatic N) is 4. The van der Waals surface area contributed by atoms with Crippen LogP contribution in [0.25, 0.3) is 11.2 Å². The Hall–Kier alpha value is -1.11. The van der Waals surface area contributed by atoms with Gasteiger partial charge in [-0.3, -0.25) is 9.13 Å². The highest BCUT2D eigenvalue weighted by Gasteiger charge is 2.34. The Labute approximate surface area is 118 Å². The highest BCUT2D eigenvalue weighted by molar-refractivity contribution is 6.35. The van der Waals surface area contributed by atoms with E-state index in [0.717, 1.165) is 12.8 Å². The van der Waals surface area contributed by atoms with Gasteiger partial charge >= 0.3 is 5.69 Å². The van der Waals surface area contributed by atoms with Crippen LogP contribution in [0.5, 0.6) is 0 Å². The van der Waals surface area contributed by atoms with E-state index in [4.69, 9.17) is 27.9 Å². The third kappa shape index (κ3) is 1.86. The molecule has 0 amide bonds. The topological polar surface area (TPSA) is 61.9 Å². The number of hydrogen-bond acceptors (Lipinski definition) is 4. The highest BCUT2D eigenvalue weighted by Crippen LogP contribution is 2.35. The van der Waals surface area contributed by atoms with Crippen molar-refractivity contribution in [3.05, 3.63) is 20.9 Å². The van der Waals surface area contributed by atoms with E-state index < -0.39 is 0 Å². The normalized spacial score (nSPS) is 22.7. The average Bonchev–Trinajstić information content (AvgIpc) is 2.52. The third-order valence-electron chi connectivity index (χ3n) is 3.62. The Balaban J connectivity index is 2.20. The van der Waals surface area contributed by atoms with Gasteiger partial charge in [0.05, 0.1) is 6.10 Å². The number of aromatic nitrogens is 4. The maximum absolute atomic E-state index is 12.3. The summed E-state index contributed by atoms with van der Waals surface area (Å²) in [6, 6.07) is 0.0724. The second-order valence-corrected chi connectivity index (χ2v) is 5.35. The molecule has 0 aromatic carbocycles. The summed E-state index contributed by atoms with van der Waals surface area (Å²) in [4.78, 5) is 20.3. The van der Waals surface area contributed by atoms with Gasteiger partial charge in [-0.1, -0.05) is 11.6 Å². The van der Waals surface area contributed by atoms with E-state index in [9.17, 15) is 4.79 Å². The zero-order chi connectivity index (χ0) is 13.7. The van der Waals surface area contributed by atoms with Crippen LogP contribution >= 0.6 is 23.2 Å². The molecular formula is C11H12Cl2N4O2. The lowest BCUT2D eigenvalue weighted by Gasteiger charge is -2.34. The summed E-state index contributed by atoms with van der Waals surface area (Å²) in [6.07, 6.45) is 1.77. The van der Waals surface area contributed by atoms with Crippen LogP contribution in [-0.4, -0.2) is 32.3 Å². The molecule has 3 rings (SSSR count). The first kappa shape index (κ1) is 12.9. The van der Waals surface area contributed by atoms with Crippen molar-refractivity contribution in [2.75, 3.05) is 7.11 Å². The van der Waals surface area contributed by atoms with E-state index in [1.165, 1.54) is 4.57 Å². The lowest BCUT2D eigenvalue weighted by molar-refractivity contribution is 0.00616. The lowest BCUT2D eigenvalue weighted by atomic mass is 9.89. The van der Waals surface area contributed by atoms with Gasteiger partial charge in [0, 0.05) is 20.2 Å². The molecule has 0 saturated heterocycles. The van der Waals surface area contributed by atoms with E-state index in [1.807, 2.05) is 0 Å². The van der Waals surface area contributed by atoms with Gasteiger partial charge in [-0.05, 0) is 24.4 Å². The Morgan fingerprint density at radius 2 is 2.00 bits per heavy atom. The summed E-state index contributed by atoms with van der Waals surface area (Å²) in [6.45, 7) is 0. The van der Waals surface area contributed by atoms with E-state index in [2.05, 4.69) is 9.97 Å². The number of rotatable bonds is 2. The van der Waals surface area contributed by atoms with Gasteiger partial charge < -0.3 is 4.74 Å². The monoisotopic (exact) mass is 302 g/mol. The van der Waals surface area contributed by atoms with Crippen LogP contribution in [0.3, 0.4) is 0 Å². The van der Waals surface area contributed by atoms with Gasteiger partial charge in [-0.15, -0.1) is 0 Å². The van der Waals surface area contributed by atoms with Crippen LogP contribution in [0.4, 0.5) is 0 Å². The SMILES string of the molecule is COC1CC(n2c(=O)n(C)c3c(Cl)nc(Cl)nc32)C1. The van der Waals surface area contributed by atoms with Gasteiger partial charge in [0.2, 0.25) is 5.28 Å². The summed E-state index contributed by atoms with van der Waals surface area (Å²) in [7, 11) is 3.32. The minimum Gasteiger partial charge on any atom is -0.381 e. The maximum Gasteiger partial charge on any atom is 0.330 e. The molecule has 0 atom stereocenters. The Morgan fingerprint density at radius 1 is 1.32 bits per heavy atom. The molecule has 0 spiro atoms. The van der Waals surface area contributed by atoms with E-state index in [-0.39, 0.29) is 28.3 Å². The predicted octanol–water partition coefficient (Wildman–Crippen LogP) is 1.79. The molecule has 6 nitrogen and oxygen atoms in total. The Morgan fingerprint density at radius 3 is 2.63 bits per heavy atom. The molecule has 1 saturated carbocycles. The fraction of sp³-hybridized carbons (Fsp3) is 0.545. The predicted molar refractivity (Wildman–Crippen MR) is 71.9 cm³/mol. The van der Waals surface area contributed by atoms with Gasteiger partial charge in [0.1, 0.15) is 5.52 Å². The first-order valence-corrected chi connectivity index (χ1v) is 6.61. The van der Waals surface area contributed by atoms with Crippen LogP contribution in [0.1, 0.15) is 18.9 Å². The third-order valence-corrected chi connectivity index (χ3v) is 4.05. The van der Waals surface area contributed by atoms with Gasteiger partial charge in [0.25, 0.3) is 0 Å². The molecule has 0 unspecified atom stereocenters. The van der Waals surface area contributed by atoms with E-state index in [0.29, 0.717) is 11.2 Å².